The number of rotatable bonds is 5. The Labute approximate surface area is 179 Å². The number of hydrogen-bond acceptors (Lipinski definition) is 5. The molecule has 0 unspecified atom stereocenters. The topological polar surface area (TPSA) is 92.8 Å². The van der Waals surface area contributed by atoms with Gasteiger partial charge in [-0.3, -0.25) is 24.1 Å². The summed E-state index contributed by atoms with van der Waals surface area (Å²) in [6.07, 6.45) is 1.07. The molecule has 2 fully saturated rings. The van der Waals surface area contributed by atoms with Crippen LogP contribution in [0.15, 0.2) is 24.3 Å². The van der Waals surface area contributed by atoms with Gasteiger partial charge in [-0.15, -0.1) is 0 Å². The summed E-state index contributed by atoms with van der Waals surface area (Å²) in [6.45, 7) is 0.978. The number of alkyl halides is 2. The van der Waals surface area contributed by atoms with Gasteiger partial charge in [0.15, 0.2) is 6.61 Å². The molecule has 0 radical (unpaired) electrons. The van der Waals surface area contributed by atoms with Crippen LogP contribution in [-0.2, 0) is 23.9 Å². The van der Waals surface area contributed by atoms with Crippen LogP contribution < -0.4 is 5.32 Å². The summed E-state index contributed by atoms with van der Waals surface area (Å²) in [5, 5.41) is 2.61. The van der Waals surface area contributed by atoms with E-state index in [-0.39, 0.29) is 21.5 Å². The monoisotopic (exact) mass is 514 g/mol. The quantitative estimate of drug-likeness (QED) is 0.369. The number of likely N-dealkylation sites (tertiary alicyclic amines) is 1. The second-order valence-electron chi connectivity index (χ2n) is 7.05. The molecule has 1 N–H and O–H groups in total. The minimum absolute atomic E-state index is 0.0999. The Bertz CT molecular complexity index is 770. The molecule has 1 saturated carbocycles. The van der Waals surface area contributed by atoms with Gasteiger partial charge >= 0.3 is 5.97 Å². The lowest BCUT2D eigenvalue weighted by Gasteiger charge is -2.29. The van der Waals surface area contributed by atoms with Crippen molar-refractivity contribution in [1.29, 1.82) is 0 Å². The molecule has 1 heterocycles. The van der Waals surface area contributed by atoms with Crippen LogP contribution in [0.25, 0.3) is 0 Å². The van der Waals surface area contributed by atoms with Gasteiger partial charge in [0.2, 0.25) is 11.8 Å². The van der Waals surface area contributed by atoms with Crippen LogP contribution >= 0.6 is 31.9 Å². The molecule has 7 nitrogen and oxygen atoms in total. The molecule has 0 spiro atoms. The summed E-state index contributed by atoms with van der Waals surface area (Å²) in [7, 11) is 0. The van der Waals surface area contributed by atoms with Crippen molar-refractivity contribution in [3.05, 3.63) is 29.8 Å². The number of hydrogen-bond donors (Lipinski definition) is 1. The number of amides is 3. The number of carbonyl (C=O) groups is 4. The third-order valence-electron chi connectivity index (χ3n) is 4.99. The normalized spacial score (nSPS) is 26.8. The minimum atomic E-state index is -0.787. The van der Waals surface area contributed by atoms with E-state index in [9.17, 15) is 19.2 Å². The van der Waals surface area contributed by atoms with Crippen LogP contribution in [0.1, 0.15) is 18.4 Å². The highest BCUT2D eigenvalue weighted by Crippen LogP contribution is 2.43. The maximum atomic E-state index is 12.5. The first-order valence-corrected chi connectivity index (χ1v) is 10.7. The molecule has 1 aliphatic heterocycles. The van der Waals surface area contributed by atoms with Crippen molar-refractivity contribution in [2.75, 3.05) is 18.5 Å². The lowest BCUT2D eigenvalue weighted by atomic mass is 9.81. The molecule has 150 valence electrons. The van der Waals surface area contributed by atoms with Crippen molar-refractivity contribution in [3.8, 4) is 0 Å². The summed E-state index contributed by atoms with van der Waals surface area (Å²) >= 11 is 7.03. The van der Waals surface area contributed by atoms with Crippen molar-refractivity contribution < 1.29 is 23.9 Å². The second kappa shape index (κ2) is 8.73. The standard InChI is InChI=1S/C19H20Br2N2O5/c1-10-2-4-11(5-3-10)22-16(24)9-28-17(25)8-23-18(26)12-6-14(20)15(21)7-13(12)19(23)27/h2-5,12-15H,6-9H2,1H3,(H,22,24)/t12-,13+,14-,15-/m0/s1. The van der Waals surface area contributed by atoms with E-state index in [2.05, 4.69) is 37.2 Å². The number of carbonyl (C=O) groups excluding carboxylic acids is 4. The summed E-state index contributed by atoms with van der Waals surface area (Å²) < 4.78 is 4.94. The van der Waals surface area contributed by atoms with E-state index < -0.39 is 36.9 Å². The predicted octanol–water partition coefficient (Wildman–Crippen LogP) is 2.40. The summed E-state index contributed by atoms with van der Waals surface area (Å²) in [6, 6.07) is 7.18. The fourth-order valence-corrected chi connectivity index (χ4v) is 4.71. The van der Waals surface area contributed by atoms with Crippen LogP contribution in [0.3, 0.4) is 0 Å². The average molecular weight is 516 g/mol. The number of imide groups is 1. The number of esters is 1. The molecule has 1 aromatic carbocycles. The largest absolute Gasteiger partial charge is 0.454 e. The number of aryl methyl sites for hydroxylation is 1. The first-order chi connectivity index (χ1) is 13.3. The molecule has 0 aromatic heterocycles. The van der Waals surface area contributed by atoms with Crippen LogP contribution in [0.2, 0.25) is 0 Å². The van der Waals surface area contributed by atoms with Crippen molar-refractivity contribution in [3.63, 3.8) is 0 Å². The molecule has 0 bridgehead atoms. The first-order valence-electron chi connectivity index (χ1n) is 8.91. The molecule has 28 heavy (non-hydrogen) atoms. The lowest BCUT2D eigenvalue weighted by molar-refractivity contribution is -0.154. The molecule has 4 atom stereocenters. The van der Waals surface area contributed by atoms with Gasteiger partial charge in [-0.2, -0.15) is 0 Å². The van der Waals surface area contributed by atoms with E-state index in [4.69, 9.17) is 4.74 Å². The van der Waals surface area contributed by atoms with Crippen molar-refractivity contribution in [2.45, 2.75) is 29.4 Å². The summed E-state index contributed by atoms with van der Waals surface area (Å²) in [5.41, 5.74) is 1.65. The lowest BCUT2D eigenvalue weighted by Crippen LogP contribution is -2.37. The molecular weight excluding hydrogens is 496 g/mol. The number of halogens is 2. The highest BCUT2D eigenvalue weighted by molar-refractivity contribution is 9.12. The van der Waals surface area contributed by atoms with Gasteiger partial charge in [0.25, 0.3) is 5.91 Å². The van der Waals surface area contributed by atoms with E-state index in [0.29, 0.717) is 18.5 Å². The van der Waals surface area contributed by atoms with E-state index in [1.165, 1.54) is 0 Å². The zero-order valence-corrected chi connectivity index (χ0v) is 18.4. The Morgan fingerprint density at radius 3 is 2.14 bits per heavy atom. The average Bonchev–Trinajstić information content (AvgIpc) is 2.87. The van der Waals surface area contributed by atoms with Crippen molar-refractivity contribution in [2.24, 2.45) is 11.8 Å². The maximum absolute atomic E-state index is 12.5. The molecular formula is C19H20Br2N2O5. The molecule has 3 rings (SSSR count). The highest BCUT2D eigenvalue weighted by atomic mass is 79.9. The van der Waals surface area contributed by atoms with Gasteiger partial charge in [-0.25, -0.2) is 0 Å². The minimum Gasteiger partial charge on any atom is -0.454 e. The number of benzene rings is 1. The molecule has 9 heteroatoms. The van der Waals surface area contributed by atoms with Gasteiger partial charge in [0, 0.05) is 15.3 Å². The fraction of sp³-hybridized carbons (Fsp3) is 0.474. The number of nitrogens with one attached hydrogen (secondary N) is 1. The molecule has 1 aromatic rings. The molecule has 1 saturated heterocycles. The van der Waals surface area contributed by atoms with Gasteiger partial charge in [-0.05, 0) is 31.9 Å². The second-order valence-corrected chi connectivity index (χ2v) is 9.41. The summed E-state index contributed by atoms with van der Waals surface area (Å²) in [5.74, 6) is -2.80. The molecule has 1 aliphatic carbocycles. The highest BCUT2D eigenvalue weighted by Gasteiger charge is 2.52. The van der Waals surface area contributed by atoms with Crippen LogP contribution in [0.5, 0.6) is 0 Å². The fourth-order valence-electron chi connectivity index (χ4n) is 3.47. The molecule has 2 aliphatic rings. The van der Waals surface area contributed by atoms with E-state index >= 15 is 0 Å². The van der Waals surface area contributed by atoms with Crippen LogP contribution in [0.4, 0.5) is 5.69 Å². The van der Waals surface area contributed by atoms with Crippen molar-refractivity contribution in [1.82, 2.24) is 4.90 Å². The van der Waals surface area contributed by atoms with E-state index in [1.807, 2.05) is 19.1 Å². The Hall–Kier alpha value is -1.74. The Balaban J connectivity index is 1.50. The smallest absolute Gasteiger partial charge is 0.326 e. The molecule has 3 amide bonds. The maximum Gasteiger partial charge on any atom is 0.326 e. The first kappa shape index (κ1) is 21.0. The van der Waals surface area contributed by atoms with Gasteiger partial charge < -0.3 is 10.1 Å². The SMILES string of the molecule is Cc1ccc(NC(=O)COC(=O)CN2C(=O)[C@H]3C[C@H](Br)[C@@H](Br)C[C@H]3C2=O)cc1. The zero-order valence-electron chi connectivity index (χ0n) is 15.2. The van der Waals surface area contributed by atoms with Gasteiger partial charge in [0.05, 0.1) is 11.8 Å². The number of fused-ring (bicyclic) bond motifs is 1. The third kappa shape index (κ3) is 4.63. The van der Waals surface area contributed by atoms with Crippen LogP contribution in [-0.4, -0.2) is 51.4 Å². The van der Waals surface area contributed by atoms with Gasteiger partial charge in [-0.1, -0.05) is 49.6 Å². The predicted molar refractivity (Wildman–Crippen MR) is 109 cm³/mol. The van der Waals surface area contributed by atoms with E-state index in [1.54, 1.807) is 12.1 Å². The Kier molecular flexibility index (Phi) is 6.54. The van der Waals surface area contributed by atoms with E-state index in [0.717, 1.165) is 10.5 Å². The van der Waals surface area contributed by atoms with Gasteiger partial charge in [0.1, 0.15) is 6.54 Å². The number of ether oxygens (including phenoxy) is 1. The third-order valence-corrected chi connectivity index (χ3v) is 7.72. The van der Waals surface area contributed by atoms with Crippen LogP contribution in [0, 0.1) is 18.8 Å². The zero-order chi connectivity index (χ0) is 20.4. The number of anilines is 1. The van der Waals surface area contributed by atoms with Crippen molar-refractivity contribution >= 4 is 61.2 Å². The number of nitrogens with zero attached hydrogens (tertiary/aromatic N) is 1. The Morgan fingerprint density at radius 2 is 1.61 bits per heavy atom. The summed E-state index contributed by atoms with van der Waals surface area (Å²) in [4.78, 5) is 50.2. The Morgan fingerprint density at radius 1 is 1.07 bits per heavy atom.